The van der Waals surface area contributed by atoms with Gasteiger partial charge in [-0.25, -0.2) is 0 Å². The molecule has 1 unspecified atom stereocenters. The van der Waals surface area contributed by atoms with Crippen LogP contribution in [0.3, 0.4) is 0 Å². The largest absolute Gasteiger partial charge is 1.00 e. The maximum atomic E-state index is 10.3. The normalized spacial score (nSPS) is 10.9. The number of allylic oxidation sites excluding steroid dienone is 1. The van der Waals surface area contributed by atoms with E-state index in [2.05, 4.69) is 19.2 Å². The number of carbonyl (C=O) groups is 2. The summed E-state index contributed by atoms with van der Waals surface area (Å²) >= 11 is 3.42. The van der Waals surface area contributed by atoms with E-state index in [0.717, 1.165) is 6.08 Å². The fourth-order valence-electron chi connectivity index (χ4n) is 0.228. The van der Waals surface area contributed by atoms with Crippen molar-refractivity contribution in [3.8, 4) is 0 Å². The van der Waals surface area contributed by atoms with Crippen molar-refractivity contribution in [3.05, 3.63) is 12.7 Å². The first-order chi connectivity index (χ1) is 4.09. The van der Waals surface area contributed by atoms with Crippen LogP contribution in [0.25, 0.3) is 0 Å². The molecule has 0 amide bonds. The van der Waals surface area contributed by atoms with Crippen molar-refractivity contribution in [3.63, 3.8) is 0 Å². The first-order valence-electron chi connectivity index (χ1n) is 2.14. The maximum absolute atomic E-state index is 10.3. The van der Waals surface area contributed by atoms with Crippen LogP contribution in [-0.4, -0.2) is 17.0 Å². The molecule has 0 rings (SSSR count). The van der Waals surface area contributed by atoms with E-state index in [1.165, 1.54) is 0 Å². The molecule has 0 saturated heterocycles. The molecule has 0 saturated carbocycles. The van der Waals surface area contributed by atoms with Crippen LogP contribution in [0.4, 0.5) is 0 Å². The van der Waals surface area contributed by atoms with E-state index in [0.29, 0.717) is 0 Å². The first-order valence-corrected chi connectivity index (χ1v) is 2.66. The van der Waals surface area contributed by atoms with Crippen LogP contribution in [0, 0.1) is 0 Å². The molecule has 0 bridgehead atoms. The number of ketones is 1. The van der Waals surface area contributed by atoms with Crippen molar-refractivity contribution in [1.82, 2.24) is 0 Å². The minimum atomic E-state index is -1.50. The number of carboxylic acid groups (broad SMARTS) is 1. The van der Waals surface area contributed by atoms with Crippen molar-refractivity contribution in [2.45, 2.75) is 5.25 Å². The summed E-state index contributed by atoms with van der Waals surface area (Å²) in [5, 5.41) is 8.47. The molecule has 50 valence electrons. The summed E-state index contributed by atoms with van der Waals surface area (Å²) in [7, 11) is 0. The Hall–Kier alpha value is 0.866. The van der Waals surface area contributed by atoms with Gasteiger partial charge >= 0.3 is 51.4 Å². The van der Waals surface area contributed by atoms with Crippen molar-refractivity contribution < 1.29 is 66.1 Å². The summed E-state index contributed by atoms with van der Waals surface area (Å²) in [4.78, 5) is 20.2. The second-order valence-electron chi connectivity index (χ2n) is 1.33. The van der Waals surface area contributed by atoms with E-state index in [1.54, 1.807) is 0 Å². The van der Waals surface area contributed by atoms with Gasteiger partial charge in [-0.2, -0.15) is 12.6 Å². The Morgan fingerprint density at radius 1 is 1.60 bits per heavy atom. The summed E-state index contributed by atoms with van der Waals surface area (Å²) in [5.41, 5.74) is 0. The Balaban J connectivity index is 0. The number of thiol groups is 1. The fraction of sp³-hybridized carbons (Fsp3) is 0.200. The quantitative estimate of drug-likeness (QED) is 0.209. The maximum Gasteiger partial charge on any atom is 1.00 e. The predicted molar refractivity (Wildman–Crippen MR) is 33.0 cm³/mol. The van der Waals surface area contributed by atoms with Gasteiger partial charge in [-0.15, -0.1) is 0 Å². The standard InChI is InChI=1S/C5H6O3S.K/c1-2-3(6)4(9)5(7)8;/h2,4,9H,1H2,(H,7,8);/q;+1/p-1. The molecule has 3 nitrogen and oxygen atoms in total. The van der Waals surface area contributed by atoms with Gasteiger partial charge in [0.15, 0.2) is 5.78 Å². The van der Waals surface area contributed by atoms with Crippen LogP contribution in [0.1, 0.15) is 0 Å². The SMILES string of the molecule is C=CC(=O)C(S)C(=O)[O-].[K+]. The number of carboxylic acids is 1. The zero-order valence-corrected chi connectivity index (χ0v) is 9.55. The minimum absolute atomic E-state index is 0. The first kappa shape index (κ1) is 13.5. The zero-order valence-electron chi connectivity index (χ0n) is 5.53. The molecule has 0 aromatic heterocycles. The van der Waals surface area contributed by atoms with Gasteiger partial charge in [0.2, 0.25) is 0 Å². The Kier molecular flexibility index (Phi) is 8.84. The average molecular weight is 184 g/mol. The Labute approximate surface area is 107 Å². The van der Waals surface area contributed by atoms with Gasteiger partial charge in [0.25, 0.3) is 0 Å². The van der Waals surface area contributed by atoms with Gasteiger partial charge < -0.3 is 9.90 Å². The molecule has 1 atom stereocenters. The van der Waals surface area contributed by atoms with E-state index in [4.69, 9.17) is 0 Å². The second-order valence-corrected chi connectivity index (χ2v) is 1.84. The summed E-state index contributed by atoms with van der Waals surface area (Å²) in [6.07, 6.45) is 0.896. The molecule has 5 heteroatoms. The van der Waals surface area contributed by atoms with Gasteiger partial charge in [-0.3, -0.25) is 4.79 Å². The molecule has 0 aromatic carbocycles. The Morgan fingerprint density at radius 3 is 2.10 bits per heavy atom. The van der Waals surface area contributed by atoms with Crippen molar-refractivity contribution in [2.24, 2.45) is 0 Å². The molecule has 0 aliphatic heterocycles. The average Bonchev–Trinajstić information content (AvgIpc) is 1.84. The summed E-state index contributed by atoms with van der Waals surface area (Å²) in [5.74, 6) is -2.15. The topological polar surface area (TPSA) is 57.2 Å². The van der Waals surface area contributed by atoms with Crippen molar-refractivity contribution in [2.75, 3.05) is 0 Å². The minimum Gasteiger partial charge on any atom is -0.548 e. The molecule has 0 aliphatic rings. The van der Waals surface area contributed by atoms with Crippen molar-refractivity contribution >= 4 is 24.4 Å². The van der Waals surface area contributed by atoms with E-state index < -0.39 is 17.0 Å². The van der Waals surface area contributed by atoms with Crippen LogP contribution >= 0.6 is 12.6 Å². The Morgan fingerprint density at radius 2 is 2.00 bits per heavy atom. The van der Waals surface area contributed by atoms with Crippen LogP contribution in [0.5, 0.6) is 0 Å². The fourth-order valence-corrected chi connectivity index (χ4v) is 0.333. The van der Waals surface area contributed by atoms with Crippen molar-refractivity contribution in [1.29, 1.82) is 0 Å². The van der Waals surface area contributed by atoms with Crippen LogP contribution in [0.15, 0.2) is 12.7 Å². The molecule has 0 heterocycles. The van der Waals surface area contributed by atoms with Crippen LogP contribution in [-0.2, 0) is 9.59 Å². The van der Waals surface area contributed by atoms with Gasteiger partial charge in [0.1, 0.15) is 5.25 Å². The third-order valence-corrected chi connectivity index (χ3v) is 1.16. The van der Waals surface area contributed by atoms with E-state index in [-0.39, 0.29) is 51.4 Å². The number of aliphatic carboxylic acids is 1. The smallest absolute Gasteiger partial charge is 0.548 e. The van der Waals surface area contributed by atoms with E-state index in [1.807, 2.05) is 0 Å². The molecule has 0 fully saturated rings. The molecule has 0 aliphatic carbocycles. The third kappa shape index (κ3) is 4.65. The van der Waals surface area contributed by atoms with Crippen LogP contribution < -0.4 is 56.5 Å². The Bertz CT molecular complexity index is 157. The van der Waals surface area contributed by atoms with E-state index >= 15 is 0 Å². The second kappa shape index (κ2) is 6.57. The van der Waals surface area contributed by atoms with Crippen LogP contribution in [0.2, 0.25) is 0 Å². The molecule has 0 N–H and O–H groups in total. The molecular formula is C5H5KO3S. The molecule has 0 aromatic rings. The van der Waals surface area contributed by atoms with Gasteiger partial charge in [0.05, 0.1) is 5.97 Å². The number of hydrogen-bond donors (Lipinski definition) is 1. The summed E-state index contributed by atoms with van der Waals surface area (Å²) in [6.45, 7) is 3.07. The number of carbonyl (C=O) groups excluding carboxylic acids is 2. The third-order valence-electron chi connectivity index (χ3n) is 0.694. The van der Waals surface area contributed by atoms with E-state index in [9.17, 15) is 14.7 Å². The molecule has 10 heavy (non-hydrogen) atoms. The molecular weight excluding hydrogens is 179 g/mol. The zero-order chi connectivity index (χ0) is 7.44. The summed E-state index contributed by atoms with van der Waals surface area (Å²) in [6, 6.07) is 0. The molecule has 0 spiro atoms. The predicted octanol–water partition coefficient (Wildman–Crippen LogP) is -4.21. The molecule has 0 radical (unpaired) electrons. The van der Waals surface area contributed by atoms with Gasteiger partial charge in [-0.05, 0) is 6.08 Å². The van der Waals surface area contributed by atoms with Gasteiger partial charge in [0, 0.05) is 0 Å². The van der Waals surface area contributed by atoms with Gasteiger partial charge in [-0.1, -0.05) is 6.58 Å². The summed E-state index contributed by atoms with van der Waals surface area (Å²) < 4.78 is 0. The number of rotatable bonds is 3. The number of hydrogen-bond acceptors (Lipinski definition) is 4. The monoisotopic (exact) mass is 184 g/mol.